The number of amides is 6. The summed E-state index contributed by atoms with van der Waals surface area (Å²) in [6, 6.07) is 6.40. The first kappa shape index (κ1) is 46.9. The molecule has 4 atom stereocenters. The predicted octanol–water partition coefficient (Wildman–Crippen LogP) is 4.48. The van der Waals surface area contributed by atoms with Crippen LogP contribution in [0, 0.1) is 17.3 Å². The molecule has 300 valence electrons. The number of primary amides is 1. The zero-order valence-corrected chi connectivity index (χ0v) is 34.1. The number of para-hydroxylation sites is 1. The lowest BCUT2D eigenvalue weighted by Crippen LogP contribution is -2.60. The summed E-state index contributed by atoms with van der Waals surface area (Å²) in [5, 5.41) is 8.06. The second-order valence-electron chi connectivity index (χ2n) is 14.7. The van der Waals surface area contributed by atoms with E-state index in [0.29, 0.717) is 39.0 Å². The quantitative estimate of drug-likeness (QED) is 0.242. The zero-order valence-electron chi connectivity index (χ0n) is 34.1. The van der Waals surface area contributed by atoms with Gasteiger partial charge in [0, 0.05) is 38.4 Å². The number of piperazine rings is 1. The molecule has 1 aromatic rings. The molecular weight excluding hydrogens is 674 g/mol. The molecule has 0 spiro atoms. The number of nitrogens with zero attached hydrogens (tertiary/aromatic N) is 3. The molecule has 4 unspecified atom stereocenters. The average molecular weight is 744 g/mol. The summed E-state index contributed by atoms with van der Waals surface area (Å²) in [4.78, 5) is 83.0. The van der Waals surface area contributed by atoms with Crippen molar-refractivity contribution in [3.8, 4) is 0 Å². The monoisotopic (exact) mass is 744 g/mol. The van der Waals surface area contributed by atoms with Gasteiger partial charge in [0.2, 0.25) is 23.5 Å². The van der Waals surface area contributed by atoms with Crippen LogP contribution in [0.25, 0.3) is 0 Å². The highest BCUT2D eigenvalue weighted by molar-refractivity contribution is 6.37. The zero-order chi connectivity index (χ0) is 40.3. The van der Waals surface area contributed by atoms with Crippen LogP contribution >= 0.6 is 0 Å². The first-order valence-corrected chi connectivity index (χ1v) is 19.7. The number of nitrogens with two attached hydrogens (primary N) is 1. The third-order valence-corrected chi connectivity index (χ3v) is 9.31. The number of ketones is 1. The fraction of sp³-hybridized carbons (Fsp3) is 0.700. The number of rotatable bonds is 11. The number of nitrogens with one attached hydrogen (secondary N) is 3. The summed E-state index contributed by atoms with van der Waals surface area (Å²) in [7, 11) is 0. The Hall–Kier alpha value is -4.16. The molecular formula is C40H69N7O6. The number of likely N-dealkylation sites (tertiary alicyclic amines) is 1. The highest BCUT2D eigenvalue weighted by Gasteiger charge is 2.45. The van der Waals surface area contributed by atoms with Crippen molar-refractivity contribution in [1.82, 2.24) is 25.8 Å². The van der Waals surface area contributed by atoms with E-state index in [1.165, 1.54) is 11.3 Å². The maximum Gasteiger partial charge on any atom is 0.315 e. The number of carbonyl (C=O) groups is 6. The van der Waals surface area contributed by atoms with Gasteiger partial charge in [0.1, 0.15) is 12.1 Å². The Labute approximate surface area is 318 Å². The highest BCUT2D eigenvalue weighted by atomic mass is 16.2. The summed E-state index contributed by atoms with van der Waals surface area (Å²) >= 11 is 0. The SMILES string of the molecule is CC.CC.CC1CC(C(=O)NC(CC2CCC2)C(=O)C(N)=O)N(C(=O)C(NC(=O)NCC(=O)N2CCN(c3ccccc3)CC2)C(C)(C)C)C1.CCC. The van der Waals surface area contributed by atoms with Crippen LogP contribution in [0.5, 0.6) is 0 Å². The van der Waals surface area contributed by atoms with Gasteiger partial charge >= 0.3 is 6.03 Å². The Morgan fingerprint density at radius 3 is 1.94 bits per heavy atom. The van der Waals surface area contributed by atoms with Gasteiger partial charge in [-0.05, 0) is 42.2 Å². The van der Waals surface area contributed by atoms with Crippen molar-refractivity contribution in [3.05, 3.63) is 30.3 Å². The van der Waals surface area contributed by atoms with Gasteiger partial charge < -0.3 is 36.4 Å². The Morgan fingerprint density at radius 2 is 1.45 bits per heavy atom. The number of benzene rings is 1. The first-order valence-electron chi connectivity index (χ1n) is 19.7. The average Bonchev–Trinajstić information content (AvgIpc) is 3.53. The van der Waals surface area contributed by atoms with Crippen molar-refractivity contribution in [2.75, 3.05) is 44.2 Å². The summed E-state index contributed by atoms with van der Waals surface area (Å²) in [5.74, 6) is -2.90. The van der Waals surface area contributed by atoms with E-state index in [1.54, 1.807) is 4.90 Å². The van der Waals surface area contributed by atoms with Gasteiger partial charge in [0.25, 0.3) is 5.91 Å². The Balaban J connectivity index is 0.00000188. The molecule has 6 amide bonds. The molecule has 0 aromatic heterocycles. The highest BCUT2D eigenvalue weighted by Crippen LogP contribution is 2.32. The van der Waals surface area contributed by atoms with Crippen LogP contribution in [0.4, 0.5) is 10.5 Å². The van der Waals surface area contributed by atoms with Crippen LogP contribution in [-0.4, -0.2) is 103 Å². The predicted molar refractivity (Wildman–Crippen MR) is 211 cm³/mol. The molecule has 4 rings (SSSR count). The normalized spacial score (nSPS) is 19.2. The molecule has 2 saturated heterocycles. The van der Waals surface area contributed by atoms with Crippen LogP contribution in [0.1, 0.15) is 108 Å². The minimum absolute atomic E-state index is 0.00829. The van der Waals surface area contributed by atoms with Crippen molar-refractivity contribution in [2.24, 2.45) is 23.0 Å². The second kappa shape index (κ2) is 23.5. The van der Waals surface area contributed by atoms with Crippen LogP contribution in [0.2, 0.25) is 0 Å². The Morgan fingerprint density at radius 1 is 0.887 bits per heavy atom. The standard InChI is InChI=1S/C33H49N7O6.C3H8.2C2H6/c1-21-17-25(30(44)36-24(27(42)29(34)43)18-22-9-8-10-22)40(20-21)31(45)28(33(2,3)4)37-32(46)35-19-26(41)39-15-13-38(14-16-39)23-11-6-5-7-12-23;1-3-2;2*1-2/h5-7,11-12,21-22,24-25,28H,8-10,13-20H2,1-4H3,(H2,34,43)(H,36,44)(H2,35,37,46);3H2,1-2H3;2*1-2H3. The van der Waals surface area contributed by atoms with Crippen LogP contribution < -0.4 is 26.6 Å². The molecule has 53 heavy (non-hydrogen) atoms. The first-order chi connectivity index (χ1) is 25.2. The van der Waals surface area contributed by atoms with Crippen molar-refractivity contribution >= 4 is 41.1 Å². The van der Waals surface area contributed by atoms with E-state index >= 15 is 0 Å². The third-order valence-electron chi connectivity index (χ3n) is 9.31. The maximum absolute atomic E-state index is 14.0. The van der Waals surface area contributed by atoms with E-state index in [1.807, 2.05) is 85.7 Å². The fourth-order valence-electron chi connectivity index (χ4n) is 6.39. The topological polar surface area (TPSA) is 174 Å². The summed E-state index contributed by atoms with van der Waals surface area (Å²) < 4.78 is 0. The molecule has 1 saturated carbocycles. The van der Waals surface area contributed by atoms with Gasteiger partial charge in [0.15, 0.2) is 0 Å². The van der Waals surface area contributed by atoms with Gasteiger partial charge in [-0.3, -0.25) is 24.0 Å². The lowest BCUT2D eigenvalue weighted by molar-refractivity contribution is -0.143. The van der Waals surface area contributed by atoms with Crippen molar-refractivity contribution in [2.45, 2.75) is 126 Å². The van der Waals surface area contributed by atoms with Crippen molar-refractivity contribution < 1.29 is 28.8 Å². The van der Waals surface area contributed by atoms with Gasteiger partial charge in [0.05, 0.1) is 12.6 Å². The van der Waals surface area contributed by atoms with Crippen LogP contribution in [-0.2, 0) is 24.0 Å². The van der Waals surface area contributed by atoms with E-state index in [-0.39, 0.29) is 30.8 Å². The number of urea groups is 1. The van der Waals surface area contributed by atoms with Crippen molar-refractivity contribution in [1.29, 1.82) is 0 Å². The lowest BCUT2D eigenvalue weighted by atomic mass is 9.80. The minimum Gasteiger partial charge on any atom is -0.368 e. The number of anilines is 1. The van der Waals surface area contributed by atoms with E-state index in [9.17, 15) is 28.8 Å². The second-order valence-corrected chi connectivity index (χ2v) is 14.7. The van der Waals surface area contributed by atoms with Crippen molar-refractivity contribution in [3.63, 3.8) is 0 Å². The molecule has 3 aliphatic rings. The van der Waals surface area contributed by atoms with Crippen LogP contribution in [0.3, 0.4) is 0 Å². The molecule has 5 N–H and O–H groups in total. The van der Waals surface area contributed by atoms with E-state index in [0.717, 1.165) is 24.9 Å². The molecule has 2 heterocycles. The Kier molecular flexibility index (Phi) is 20.8. The summed E-state index contributed by atoms with van der Waals surface area (Å²) in [5.41, 5.74) is 5.64. The largest absolute Gasteiger partial charge is 0.368 e. The smallest absolute Gasteiger partial charge is 0.315 e. The van der Waals surface area contributed by atoms with E-state index in [2.05, 4.69) is 34.7 Å². The van der Waals surface area contributed by atoms with Crippen LogP contribution in [0.15, 0.2) is 30.3 Å². The van der Waals surface area contributed by atoms with E-state index < -0.39 is 53.1 Å². The minimum atomic E-state index is -1.10. The molecule has 3 fully saturated rings. The molecule has 0 bridgehead atoms. The van der Waals surface area contributed by atoms with Gasteiger partial charge in [-0.2, -0.15) is 0 Å². The fourth-order valence-corrected chi connectivity index (χ4v) is 6.39. The number of hydrogen-bond acceptors (Lipinski definition) is 7. The number of carbonyl (C=O) groups excluding carboxylic acids is 6. The molecule has 13 heteroatoms. The van der Waals surface area contributed by atoms with Gasteiger partial charge in [-0.15, -0.1) is 0 Å². The van der Waals surface area contributed by atoms with Gasteiger partial charge in [-0.25, -0.2) is 4.79 Å². The van der Waals surface area contributed by atoms with Gasteiger partial charge in [-0.1, -0.05) is 113 Å². The molecule has 1 aliphatic carbocycles. The third kappa shape index (κ3) is 14.6. The lowest BCUT2D eigenvalue weighted by Gasteiger charge is -2.37. The number of hydrogen-bond donors (Lipinski definition) is 4. The maximum atomic E-state index is 14.0. The molecule has 2 aliphatic heterocycles. The molecule has 0 radical (unpaired) electrons. The van der Waals surface area contributed by atoms with E-state index in [4.69, 9.17) is 5.73 Å². The molecule has 13 nitrogen and oxygen atoms in total. The summed E-state index contributed by atoms with van der Waals surface area (Å²) in [6.07, 6.45) is 4.82. The molecule has 1 aromatic carbocycles. The number of Topliss-reactive ketones (excluding diaryl/α,β-unsaturated/α-hetero) is 1. The summed E-state index contributed by atoms with van der Waals surface area (Å²) in [6.45, 7) is 22.1. The Bertz CT molecular complexity index is 1310.